The van der Waals surface area contributed by atoms with E-state index in [1.807, 2.05) is 11.0 Å². The molecule has 1 aromatic heterocycles. The molecule has 0 saturated carbocycles. The molecule has 0 radical (unpaired) electrons. The number of benzene rings is 1. The number of aliphatic hydroxyl groups excluding tert-OH is 2. The number of nitriles is 2. The van der Waals surface area contributed by atoms with E-state index in [0.29, 0.717) is 18.8 Å². The SMILES string of the molecule is N#Cc1nc(N=Nc2ccc(N(CCO)CCO)cc2)[nH]c1C#N. The summed E-state index contributed by atoms with van der Waals surface area (Å²) in [4.78, 5) is 8.28. The Hall–Kier alpha value is -3.27. The van der Waals surface area contributed by atoms with E-state index in [2.05, 4.69) is 20.2 Å². The van der Waals surface area contributed by atoms with Crippen LogP contribution in [0.1, 0.15) is 11.4 Å². The van der Waals surface area contributed by atoms with Crippen LogP contribution in [-0.2, 0) is 0 Å². The van der Waals surface area contributed by atoms with Gasteiger partial charge >= 0.3 is 0 Å². The standard InChI is InChI=1S/C15H15N7O2/c16-9-13-14(10-17)19-15(18-13)21-20-11-1-3-12(4-2-11)22(5-7-23)6-8-24/h1-4,23-24H,5-8H2,(H,18,19). The van der Waals surface area contributed by atoms with Gasteiger partial charge in [-0.1, -0.05) is 0 Å². The van der Waals surface area contributed by atoms with Crippen LogP contribution in [0.15, 0.2) is 34.5 Å². The van der Waals surface area contributed by atoms with Crippen molar-refractivity contribution < 1.29 is 10.2 Å². The molecule has 2 aromatic rings. The maximum absolute atomic E-state index is 9.04. The molecule has 0 amide bonds. The van der Waals surface area contributed by atoms with Crippen LogP contribution in [-0.4, -0.2) is 46.5 Å². The zero-order chi connectivity index (χ0) is 17.4. The van der Waals surface area contributed by atoms with Crippen molar-refractivity contribution in [1.29, 1.82) is 10.5 Å². The summed E-state index contributed by atoms with van der Waals surface area (Å²) in [5, 5.41) is 43.6. The van der Waals surface area contributed by atoms with Gasteiger partial charge in [-0.05, 0) is 24.3 Å². The normalized spacial score (nSPS) is 10.5. The number of aromatic nitrogens is 2. The first-order chi connectivity index (χ1) is 11.7. The molecule has 9 nitrogen and oxygen atoms in total. The smallest absolute Gasteiger partial charge is 0.249 e. The molecule has 0 bridgehead atoms. The number of azo groups is 1. The van der Waals surface area contributed by atoms with Crippen LogP contribution in [0.4, 0.5) is 17.3 Å². The number of imidazole rings is 1. The number of rotatable bonds is 7. The number of H-pyrrole nitrogens is 1. The van der Waals surface area contributed by atoms with Crippen LogP contribution in [0.25, 0.3) is 0 Å². The van der Waals surface area contributed by atoms with E-state index in [9.17, 15) is 0 Å². The van der Waals surface area contributed by atoms with Crippen molar-refractivity contribution in [3.8, 4) is 12.1 Å². The van der Waals surface area contributed by atoms with Crippen molar-refractivity contribution in [3.63, 3.8) is 0 Å². The van der Waals surface area contributed by atoms with E-state index in [-0.39, 0.29) is 30.5 Å². The van der Waals surface area contributed by atoms with Gasteiger partial charge in [0.2, 0.25) is 5.95 Å². The summed E-state index contributed by atoms with van der Waals surface area (Å²) in [5.41, 5.74) is 1.42. The summed E-state index contributed by atoms with van der Waals surface area (Å²) in [6.07, 6.45) is 0. The lowest BCUT2D eigenvalue weighted by molar-refractivity contribution is 0.281. The van der Waals surface area contributed by atoms with Gasteiger partial charge in [-0.15, -0.1) is 10.2 Å². The molecule has 0 saturated heterocycles. The largest absolute Gasteiger partial charge is 0.395 e. The molecule has 0 fully saturated rings. The monoisotopic (exact) mass is 325 g/mol. The van der Waals surface area contributed by atoms with Crippen molar-refractivity contribution in [3.05, 3.63) is 35.7 Å². The highest BCUT2D eigenvalue weighted by atomic mass is 16.3. The molecule has 3 N–H and O–H groups in total. The Labute approximate surface area is 138 Å². The molecule has 122 valence electrons. The molecular formula is C15H15N7O2. The van der Waals surface area contributed by atoms with Crippen molar-refractivity contribution >= 4 is 17.3 Å². The van der Waals surface area contributed by atoms with E-state index in [1.165, 1.54) is 0 Å². The average molecular weight is 325 g/mol. The van der Waals surface area contributed by atoms with Crippen LogP contribution in [0, 0.1) is 22.7 Å². The third-order valence-electron chi connectivity index (χ3n) is 3.12. The van der Waals surface area contributed by atoms with E-state index in [4.69, 9.17) is 20.7 Å². The maximum Gasteiger partial charge on any atom is 0.249 e. The summed E-state index contributed by atoms with van der Waals surface area (Å²) in [7, 11) is 0. The zero-order valence-corrected chi connectivity index (χ0v) is 12.7. The van der Waals surface area contributed by atoms with E-state index in [1.54, 1.807) is 30.3 Å². The predicted octanol–water partition coefficient (Wildman–Crippen LogP) is 1.36. The Bertz CT molecular complexity index is 746. The topological polar surface area (TPSA) is 145 Å². The van der Waals surface area contributed by atoms with E-state index < -0.39 is 0 Å². The molecule has 0 atom stereocenters. The first-order valence-electron chi connectivity index (χ1n) is 7.10. The number of anilines is 1. The van der Waals surface area contributed by atoms with Gasteiger partial charge in [-0.2, -0.15) is 15.5 Å². The fourth-order valence-corrected chi connectivity index (χ4v) is 2.02. The second-order valence-corrected chi connectivity index (χ2v) is 4.66. The number of aromatic amines is 1. The lowest BCUT2D eigenvalue weighted by Crippen LogP contribution is -2.29. The zero-order valence-electron chi connectivity index (χ0n) is 12.7. The van der Waals surface area contributed by atoms with Crippen LogP contribution >= 0.6 is 0 Å². The van der Waals surface area contributed by atoms with Crippen molar-refractivity contribution in [2.45, 2.75) is 0 Å². The lowest BCUT2D eigenvalue weighted by atomic mass is 10.2. The second-order valence-electron chi connectivity index (χ2n) is 4.66. The highest BCUT2D eigenvalue weighted by Gasteiger charge is 2.08. The van der Waals surface area contributed by atoms with Crippen LogP contribution in [0.2, 0.25) is 0 Å². The summed E-state index contributed by atoms with van der Waals surface area (Å²) >= 11 is 0. The van der Waals surface area contributed by atoms with Gasteiger partial charge in [-0.3, -0.25) is 0 Å². The Morgan fingerprint density at radius 1 is 1.04 bits per heavy atom. The minimum absolute atomic E-state index is 0.0115. The van der Waals surface area contributed by atoms with Gasteiger partial charge in [0.25, 0.3) is 0 Å². The maximum atomic E-state index is 9.04. The van der Waals surface area contributed by atoms with Gasteiger partial charge in [0.15, 0.2) is 11.4 Å². The van der Waals surface area contributed by atoms with Crippen molar-refractivity contribution in [1.82, 2.24) is 9.97 Å². The third kappa shape index (κ3) is 4.14. The summed E-state index contributed by atoms with van der Waals surface area (Å²) in [6.45, 7) is 0.814. The molecule has 1 heterocycles. The second kappa shape index (κ2) is 8.39. The van der Waals surface area contributed by atoms with Crippen molar-refractivity contribution in [2.24, 2.45) is 10.2 Å². The van der Waals surface area contributed by atoms with Gasteiger partial charge < -0.3 is 20.1 Å². The lowest BCUT2D eigenvalue weighted by Gasteiger charge is -2.22. The first-order valence-corrected chi connectivity index (χ1v) is 7.10. The van der Waals surface area contributed by atoms with Crippen molar-refractivity contribution in [2.75, 3.05) is 31.2 Å². The minimum atomic E-state index is -0.0227. The number of nitrogens with zero attached hydrogens (tertiary/aromatic N) is 6. The van der Waals surface area contributed by atoms with Crippen LogP contribution in [0.3, 0.4) is 0 Å². The van der Waals surface area contributed by atoms with Gasteiger partial charge in [0.05, 0.1) is 18.9 Å². The molecule has 9 heteroatoms. The minimum Gasteiger partial charge on any atom is -0.395 e. The van der Waals surface area contributed by atoms with E-state index >= 15 is 0 Å². The Morgan fingerprint density at radius 3 is 2.21 bits per heavy atom. The third-order valence-corrected chi connectivity index (χ3v) is 3.12. The molecule has 24 heavy (non-hydrogen) atoms. The molecule has 0 spiro atoms. The summed E-state index contributed by atoms with van der Waals surface area (Å²) in [5.74, 6) is 0.0781. The summed E-state index contributed by atoms with van der Waals surface area (Å²) < 4.78 is 0. The number of hydrogen-bond donors (Lipinski definition) is 3. The van der Waals surface area contributed by atoms with Gasteiger partial charge in [0.1, 0.15) is 12.1 Å². The van der Waals surface area contributed by atoms with Gasteiger partial charge in [-0.25, -0.2) is 0 Å². The quantitative estimate of drug-likeness (QED) is 0.655. The Morgan fingerprint density at radius 2 is 1.71 bits per heavy atom. The van der Waals surface area contributed by atoms with Gasteiger partial charge in [0, 0.05) is 18.8 Å². The molecule has 0 unspecified atom stereocenters. The molecule has 0 aliphatic rings. The number of hydrogen-bond acceptors (Lipinski definition) is 8. The van der Waals surface area contributed by atoms with Crippen LogP contribution < -0.4 is 4.90 Å². The Kier molecular flexibility index (Phi) is 5.97. The fourth-order valence-electron chi connectivity index (χ4n) is 2.02. The van der Waals surface area contributed by atoms with E-state index in [0.717, 1.165) is 5.69 Å². The number of nitrogens with one attached hydrogen (secondary N) is 1. The first kappa shape index (κ1) is 17.1. The highest BCUT2D eigenvalue weighted by Crippen LogP contribution is 2.21. The van der Waals surface area contributed by atoms with Crippen LogP contribution in [0.5, 0.6) is 0 Å². The number of aliphatic hydroxyl groups is 2. The predicted molar refractivity (Wildman–Crippen MR) is 85.0 cm³/mol. The molecule has 2 rings (SSSR count). The highest BCUT2D eigenvalue weighted by molar-refractivity contribution is 5.52. The summed E-state index contributed by atoms with van der Waals surface area (Å²) in [6, 6.07) is 10.7. The molecule has 0 aliphatic heterocycles. The fraction of sp³-hybridized carbons (Fsp3) is 0.267. The molecular weight excluding hydrogens is 310 g/mol. The molecule has 1 aromatic carbocycles. The molecule has 0 aliphatic carbocycles. The Balaban J connectivity index is 2.12. The average Bonchev–Trinajstić information content (AvgIpc) is 3.03.